The summed E-state index contributed by atoms with van der Waals surface area (Å²) in [5, 5.41) is 0. The van der Waals surface area contributed by atoms with E-state index in [4.69, 9.17) is 5.73 Å². The van der Waals surface area contributed by atoms with Crippen molar-refractivity contribution in [3.8, 4) is 11.3 Å². The van der Waals surface area contributed by atoms with Crippen LogP contribution < -0.4 is 5.73 Å². The molecule has 0 amide bonds. The molecular formula is C16H23N5. The fraction of sp³-hybridized carbons (Fsp3) is 0.500. The number of aromatic nitrogens is 3. The fourth-order valence-electron chi connectivity index (χ4n) is 3.02. The minimum Gasteiger partial charge on any atom is -0.384 e. The number of piperidine rings is 1. The van der Waals surface area contributed by atoms with Gasteiger partial charge >= 0.3 is 0 Å². The standard InChI is InChI=1S/C16H23N5/c1-13(20-7-3-2-4-8-20)11-21-12-18-10-15(21)14-5-6-16(17)19-9-14/h5-6,9-10,12-13H,2-4,7-8,11H2,1H3,(H2,17,19). The van der Waals surface area contributed by atoms with Crippen molar-refractivity contribution in [2.45, 2.75) is 38.8 Å². The Morgan fingerprint density at radius 1 is 1.19 bits per heavy atom. The van der Waals surface area contributed by atoms with Crippen molar-refractivity contribution in [2.75, 3.05) is 18.8 Å². The van der Waals surface area contributed by atoms with Crippen LogP contribution in [-0.4, -0.2) is 38.6 Å². The molecule has 1 atom stereocenters. The van der Waals surface area contributed by atoms with Crippen LogP contribution in [0.25, 0.3) is 11.3 Å². The van der Waals surface area contributed by atoms with Crippen molar-refractivity contribution >= 4 is 5.82 Å². The number of hydrogen-bond acceptors (Lipinski definition) is 4. The molecule has 1 aliphatic rings. The molecule has 2 N–H and O–H groups in total. The van der Waals surface area contributed by atoms with E-state index in [2.05, 4.69) is 26.4 Å². The average Bonchev–Trinajstić information content (AvgIpc) is 2.97. The maximum absolute atomic E-state index is 5.66. The fourth-order valence-corrected chi connectivity index (χ4v) is 3.02. The van der Waals surface area contributed by atoms with E-state index in [1.165, 1.54) is 32.4 Å². The van der Waals surface area contributed by atoms with Gasteiger partial charge in [-0.3, -0.25) is 4.90 Å². The molecule has 3 rings (SSSR count). The van der Waals surface area contributed by atoms with E-state index in [1.54, 1.807) is 0 Å². The molecule has 0 bridgehead atoms. The number of hydrogen-bond donors (Lipinski definition) is 1. The van der Waals surface area contributed by atoms with Crippen LogP contribution in [0.5, 0.6) is 0 Å². The lowest BCUT2D eigenvalue weighted by atomic mass is 10.1. The molecule has 0 aliphatic carbocycles. The first-order valence-electron chi connectivity index (χ1n) is 7.70. The maximum Gasteiger partial charge on any atom is 0.123 e. The van der Waals surface area contributed by atoms with Crippen LogP contribution >= 0.6 is 0 Å². The number of likely N-dealkylation sites (tertiary alicyclic amines) is 1. The Bertz CT molecular complexity index is 569. The highest BCUT2D eigenvalue weighted by molar-refractivity contribution is 5.59. The van der Waals surface area contributed by atoms with Gasteiger partial charge in [0, 0.05) is 24.3 Å². The molecule has 1 saturated heterocycles. The summed E-state index contributed by atoms with van der Waals surface area (Å²) in [4.78, 5) is 11.1. The maximum atomic E-state index is 5.66. The Hall–Kier alpha value is -1.88. The Labute approximate surface area is 125 Å². The van der Waals surface area contributed by atoms with Crippen LogP contribution in [0.2, 0.25) is 0 Å². The third kappa shape index (κ3) is 3.24. The van der Waals surface area contributed by atoms with Crippen molar-refractivity contribution in [1.82, 2.24) is 19.4 Å². The van der Waals surface area contributed by atoms with Crippen molar-refractivity contribution in [2.24, 2.45) is 0 Å². The molecule has 5 nitrogen and oxygen atoms in total. The summed E-state index contributed by atoms with van der Waals surface area (Å²) in [5.41, 5.74) is 7.82. The second kappa shape index (κ2) is 6.26. The van der Waals surface area contributed by atoms with E-state index in [0.29, 0.717) is 11.9 Å². The molecular weight excluding hydrogens is 262 g/mol. The Balaban J connectivity index is 1.74. The van der Waals surface area contributed by atoms with E-state index in [1.807, 2.05) is 30.9 Å². The Morgan fingerprint density at radius 2 is 2.00 bits per heavy atom. The smallest absolute Gasteiger partial charge is 0.123 e. The van der Waals surface area contributed by atoms with Gasteiger partial charge < -0.3 is 10.3 Å². The number of imidazole rings is 1. The van der Waals surface area contributed by atoms with Crippen LogP contribution in [0.1, 0.15) is 26.2 Å². The molecule has 2 aromatic heterocycles. The van der Waals surface area contributed by atoms with E-state index < -0.39 is 0 Å². The number of nitrogens with zero attached hydrogens (tertiary/aromatic N) is 4. The molecule has 3 heterocycles. The third-order valence-corrected chi connectivity index (χ3v) is 4.27. The number of nitrogens with two attached hydrogens (primary N) is 1. The highest BCUT2D eigenvalue weighted by atomic mass is 15.2. The second-order valence-electron chi connectivity index (χ2n) is 5.85. The van der Waals surface area contributed by atoms with Crippen LogP contribution in [0.4, 0.5) is 5.82 Å². The molecule has 0 spiro atoms. The van der Waals surface area contributed by atoms with Crippen molar-refractivity contribution < 1.29 is 0 Å². The predicted molar refractivity (Wildman–Crippen MR) is 84.8 cm³/mol. The van der Waals surface area contributed by atoms with E-state index in [9.17, 15) is 0 Å². The average molecular weight is 285 g/mol. The molecule has 1 aliphatic heterocycles. The van der Waals surface area contributed by atoms with Gasteiger partial charge in [0.15, 0.2) is 0 Å². The predicted octanol–water partition coefficient (Wildman–Crippen LogP) is 2.40. The van der Waals surface area contributed by atoms with Gasteiger partial charge in [0.1, 0.15) is 5.82 Å². The van der Waals surface area contributed by atoms with E-state index >= 15 is 0 Å². The van der Waals surface area contributed by atoms with Crippen molar-refractivity contribution in [1.29, 1.82) is 0 Å². The normalized spacial score (nSPS) is 17.8. The summed E-state index contributed by atoms with van der Waals surface area (Å²) in [5.74, 6) is 0.548. The number of rotatable bonds is 4. The van der Waals surface area contributed by atoms with Gasteiger partial charge in [-0.2, -0.15) is 0 Å². The van der Waals surface area contributed by atoms with E-state index in [-0.39, 0.29) is 0 Å². The third-order valence-electron chi connectivity index (χ3n) is 4.27. The first-order valence-corrected chi connectivity index (χ1v) is 7.70. The zero-order valence-electron chi connectivity index (χ0n) is 12.6. The minimum absolute atomic E-state index is 0.528. The van der Waals surface area contributed by atoms with Gasteiger partial charge in [0.2, 0.25) is 0 Å². The van der Waals surface area contributed by atoms with Crippen molar-refractivity contribution in [3.05, 3.63) is 30.9 Å². The van der Waals surface area contributed by atoms with Gasteiger partial charge in [-0.1, -0.05) is 6.42 Å². The molecule has 0 aromatic carbocycles. The SMILES string of the molecule is CC(Cn1cncc1-c1ccc(N)nc1)N1CCCCC1. The Morgan fingerprint density at radius 3 is 2.71 bits per heavy atom. The summed E-state index contributed by atoms with van der Waals surface area (Å²) in [7, 11) is 0. The summed E-state index contributed by atoms with van der Waals surface area (Å²) in [6.07, 6.45) is 9.64. The second-order valence-corrected chi connectivity index (χ2v) is 5.85. The van der Waals surface area contributed by atoms with Gasteiger partial charge in [-0.15, -0.1) is 0 Å². The van der Waals surface area contributed by atoms with Crippen LogP contribution in [0.3, 0.4) is 0 Å². The molecule has 1 unspecified atom stereocenters. The number of pyridine rings is 1. The van der Waals surface area contributed by atoms with Gasteiger partial charge in [0.05, 0.1) is 18.2 Å². The van der Waals surface area contributed by atoms with Gasteiger partial charge in [0.25, 0.3) is 0 Å². The number of nitrogen functional groups attached to an aromatic ring is 1. The lowest BCUT2D eigenvalue weighted by Gasteiger charge is -2.32. The summed E-state index contributed by atoms with van der Waals surface area (Å²) in [6.45, 7) is 5.69. The largest absolute Gasteiger partial charge is 0.384 e. The summed E-state index contributed by atoms with van der Waals surface area (Å²) < 4.78 is 2.21. The summed E-state index contributed by atoms with van der Waals surface area (Å²) in [6, 6.07) is 4.36. The monoisotopic (exact) mass is 285 g/mol. The van der Waals surface area contributed by atoms with Gasteiger partial charge in [-0.05, 0) is 45.0 Å². The number of anilines is 1. The molecule has 0 radical (unpaired) electrons. The molecule has 21 heavy (non-hydrogen) atoms. The first-order chi connectivity index (χ1) is 10.2. The lowest BCUT2D eigenvalue weighted by molar-refractivity contribution is 0.160. The molecule has 2 aromatic rings. The zero-order valence-corrected chi connectivity index (χ0v) is 12.6. The van der Waals surface area contributed by atoms with E-state index in [0.717, 1.165) is 17.8 Å². The highest BCUT2D eigenvalue weighted by Gasteiger charge is 2.18. The van der Waals surface area contributed by atoms with Gasteiger partial charge in [-0.25, -0.2) is 9.97 Å². The highest BCUT2D eigenvalue weighted by Crippen LogP contribution is 2.20. The molecule has 5 heteroatoms. The summed E-state index contributed by atoms with van der Waals surface area (Å²) >= 11 is 0. The van der Waals surface area contributed by atoms with Crippen LogP contribution in [-0.2, 0) is 6.54 Å². The zero-order chi connectivity index (χ0) is 14.7. The Kier molecular flexibility index (Phi) is 4.20. The minimum atomic E-state index is 0.528. The molecule has 112 valence electrons. The van der Waals surface area contributed by atoms with Crippen molar-refractivity contribution in [3.63, 3.8) is 0 Å². The first kappa shape index (κ1) is 14.1. The quantitative estimate of drug-likeness (QED) is 0.937. The van der Waals surface area contributed by atoms with Crippen LogP contribution in [0, 0.1) is 0 Å². The lowest BCUT2D eigenvalue weighted by Crippen LogP contribution is -2.39. The molecule has 1 fully saturated rings. The molecule has 0 saturated carbocycles. The topological polar surface area (TPSA) is 60.0 Å². The van der Waals surface area contributed by atoms with Crippen LogP contribution in [0.15, 0.2) is 30.9 Å².